The van der Waals surface area contributed by atoms with Crippen molar-refractivity contribution in [1.82, 2.24) is 4.57 Å². The van der Waals surface area contributed by atoms with E-state index in [4.69, 9.17) is 19.2 Å². The Hall–Kier alpha value is -4.37. The molecule has 230 valence electrons. The molecule has 3 aromatic carbocycles. The molecule has 1 atom stereocenters. The molecule has 0 amide bonds. The van der Waals surface area contributed by atoms with E-state index in [1.165, 1.54) is 11.3 Å². The number of hydrogen-bond donors (Lipinski definition) is 0. The third-order valence-corrected chi connectivity index (χ3v) is 8.93. The minimum Gasteiger partial charge on any atom is -0.496 e. The van der Waals surface area contributed by atoms with Crippen LogP contribution in [0.4, 0.5) is 5.69 Å². The van der Waals surface area contributed by atoms with Gasteiger partial charge in [-0.2, -0.15) is 0 Å². The number of ether oxygens (including phenoxy) is 3. The molecule has 1 aromatic heterocycles. The van der Waals surface area contributed by atoms with Crippen LogP contribution >= 0.6 is 11.3 Å². The number of hydrogen-bond acceptors (Lipinski definition) is 8. The first-order valence-electron chi connectivity index (χ1n) is 15.1. The van der Waals surface area contributed by atoms with Crippen LogP contribution in [0.2, 0.25) is 0 Å². The van der Waals surface area contributed by atoms with Gasteiger partial charge in [0.2, 0.25) is 0 Å². The lowest BCUT2D eigenvalue weighted by atomic mass is 9.90. The molecule has 0 saturated heterocycles. The van der Waals surface area contributed by atoms with Crippen molar-refractivity contribution in [3.05, 3.63) is 96.7 Å². The number of carbonyl (C=O) groups excluding carboxylic acids is 1. The normalized spacial score (nSPS) is 14.8. The Morgan fingerprint density at radius 2 is 1.75 bits per heavy atom. The van der Waals surface area contributed by atoms with Gasteiger partial charge >= 0.3 is 5.97 Å². The lowest BCUT2D eigenvalue weighted by Gasteiger charge is -2.28. The van der Waals surface area contributed by atoms with Gasteiger partial charge in [-0.25, -0.2) is 9.79 Å². The molecule has 9 heteroatoms. The second kappa shape index (κ2) is 13.5. The number of thiazole rings is 1. The van der Waals surface area contributed by atoms with E-state index in [0.29, 0.717) is 38.5 Å². The maximum Gasteiger partial charge on any atom is 0.338 e. The molecule has 5 rings (SSSR count). The van der Waals surface area contributed by atoms with E-state index >= 15 is 0 Å². The summed E-state index contributed by atoms with van der Waals surface area (Å²) >= 11 is 1.30. The average Bonchev–Trinajstić information content (AvgIpc) is 3.35. The van der Waals surface area contributed by atoms with Crippen LogP contribution < -0.4 is 29.3 Å². The predicted molar refractivity (Wildman–Crippen MR) is 177 cm³/mol. The SMILES string of the molecule is CCCC1=C(C(=O)OCC)[C@@H](c2c(OC)ccc3ccccc23)n2c(s/c(=C\c3ccc(N(CC)CC)cc3OC)c2=O)=N1. The minimum absolute atomic E-state index is 0.203. The molecule has 2 heterocycles. The lowest BCUT2D eigenvalue weighted by Crippen LogP contribution is -2.40. The van der Waals surface area contributed by atoms with E-state index in [-0.39, 0.29) is 12.2 Å². The van der Waals surface area contributed by atoms with E-state index in [1.54, 1.807) is 25.7 Å². The Balaban J connectivity index is 1.82. The number of allylic oxidation sites excluding steroid dienone is 1. The van der Waals surface area contributed by atoms with Crippen LogP contribution in [0.5, 0.6) is 11.5 Å². The second-order valence-corrected chi connectivity index (χ2v) is 11.4. The molecule has 44 heavy (non-hydrogen) atoms. The van der Waals surface area contributed by atoms with Crippen molar-refractivity contribution in [1.29, 1.82) is 0 Å². The maximum atomic E-state index is 14.4. The highest BCUT2D eigenvalue weighted by molar-refractivity contribution is 7.07. The number of methoxy groups -OCH3 is 2. The molecule has 1 aliphatic rings. The topological polar surface area (TPSA) is 82.4 Å². The maximum absolute atomic E-state index is 14.4. The monoisotopic (exact) mass is 613 g/mol. The molecule has 0 N–H and O–H groups in total. The van der Waals surface area contributed by atoms with Gasteiger partial charge in [0.25, 0.3) is 5.56 Å². The summed E-state index contributed by atoms with van der Waals surface area (Å²) in [6.45, 7) is 10.00. The zero-order chi connectivity index (χ0) is 31.4. The molecule has 0 aliphatic carbocycles. The number of nitrogens with zero attached hydrogens (tertiary/aromatic N) is 3. The quantitative estimate of drug-likeness (QED) is 0.205. The van der Waals surface area contributed by atoms with Gasteiger partial charge in [0.15, 0.2) is 4.80 Å². The highest BCUT2D eigenvalue weighted by Gasteiger charge is 2.37. The Labute approximate surface area is 261 Å². The van der Waals surface area contributed by atoms with Gasteiger partial charge in [0, 0.05) is 36.0 Å². The Bertz CT molecular complexity index is 1900. The molecular weight excluding hydrogens is 574 g/mol. The van der Waals surface area contributed by atoms with Crippen molar-refractivity contribution < 1.29 is 19.0 Å². The highest BCUT2D eigenvalue weighted by atomic mass is 32.1. The number of fused-ring (bicyclic) bond motifs is 2. The molecule has 1 aliphatic heterocycles. The molecule has 8 nitrogen and oxygen atoms in total. The van der Waals surface area contributed by atoms with E-state index in [2.05, 4.69) is 18.7 Å². The molecule has 4 aromatic rings. The first-order valence-corrected chi connectivity index (χ1v) is 15.9. The summed E-state index contributed by atoms with van der Waals surface area (Å²) in [4.78, 5) is 35.8. The highest BCUT2D eigenvalue weighted by Crippen LogP contribution is 2.41. The molecule has 0 bridgehead atoms. The summed E-state index contributed by atoms with van der Waals surface area (Å²) in [6.07, 6.45) is 3.18. The predicted octanol–water partition coefficient (Wildman–Crippen LogP) is 5.60. The van der Waals surface area contributed by atoms with Crippen molar-refractivity contribution in [2.24, 2.45) is 4.99 Å². The number of rotatable bonds is 11. The summed E-state index contributed by atoms with van der Waals surface area (Å²) in [5.41, 5.74) is 3.30. The summed E-state index contributed by atoms with van der Waals surface area (Å²) < 4.78 is 19.4. The van der Waals surface area contributed by atoms with Crippen LogP contribution in [-0.2, 0) is 9.53 Å². The van der Waals surface area contributed by atoms with Crippen molar-refractivity contribution in [3.8, 4) is 11.5 Å². The third-order valence-electron chi connectivity index (χ3n) is 7.95. The Morgan fingerprint density at radius 3 is 2.43 bits per heavy atom. The van der Waals surface area contributed by atoms with Gasteiger partial charge in [-0.15, -0.1) is 0 Å². The van der Waals surface area contributed by atoms with Crippen LogP contribution in [0.25, 0.3) is 16.8 Å². The van der Waals surface area contributed by atoms with E-state index in [0.717, 1.165) is 47.1 Å². The second-order valence-electron chi connectivity index (χ2n) is 10.4. The zero-order valence-electron chi connectivity index (χ0n) is 26.2. The van der Waals surface area contributed by atoms with Crippen LogP contribution in [-0.4, -0.2) is 44.5 Å². The van der Waals surface area contributed by atoms with E-state index in [9.17, 15) is 9.59 Å². The summed E-state index contributed by atoms with van der Waals surface area (Å²) in [6, 6.07) is 17.0. The van der Waals surface area contributed by atoms with Crippen molar-refractivity contribution in [2.45, 2.75) is 46.6 Å². The fourth-order valence-electron chi connectivity index (χ4n) is 5.88. The third kappa shape index (κ3) is 5.64. The fraction of sp³-hybridized carbons (Fsp3) is 0.343. The summed E-state index contributed by atoms with van der Waals surface area (Å²) in [5, 5.41) is 1.86. The first kappa shape index (κ1) is 31.1. The van der Waals surface area contributed by atoms with Gasteiger partial charge in [0.1, 0.15) is 17.5 Å². The summed E-state index contributed by atoms with van der Waals surface area (Å²) in [5.74, 6) is 0.769. The number of carbonyl (C=O) groups is 1. The molecule has 0 unspecified atom stereocenters. The van der Waals surface area contributed by atoms with Crippen LogP contribution in [0.1, 0.15) is 57.7 Å². The van der Waals surface area contributed by atoms with Gasteiger partial charge in [-0.3, -0.25) is 9.36 Å². The number of benzene rings is 3. The average molecular weight is 614 g/mol. The molecular formula is C35H39N3O5S. The van der Waals surface area contributed by atoms with Gasteiger partial charge in [0.05, 0.1) is 36.6 Å². The number of aromatic nitrogens is 1. The summed E-state index contributed by atoms with van der Waals surface area (Å²) in [7, 11) is 3.24. The molecule has 0 fully saturated rings. The first-order chi connectivity index (χ1) is 21.4. The number of anilines is 1. The van der Waals surface area contributed by atoms with E-state index in [1.807, 2.05) is 67.6 Å². The zero-order valence-corrected chi connectivity index (χ0v) is 27.0. The van der Waals surface area contributed by atoms with Crippen LogP contribution in [0.15, 0.2) is 75.7 Å². The van der Waals surface area contributed by atoms with E-state index < -0.39 is 12.0 Å². The lowest BCUT2D eigenvalue weighted by molar-refractivity contribution is -0.139. The number of esters is 1. The molecule has 0 saturated carbocycles. The van der Waals surface area contributed by atoms with Crippen LogP contribution in [0, 0.1) is 0 Å². The largest absolute Gasteiger partial charge is 0.496 e. The van der Waals surface area contributed by atoms with Crippen molar-refractivity contribution in [2.75, 3.05) is 38.8 Å². The molecule has 0 spiro atoms. The Kier molecular flexibility index (Phi) is 9.54. The van der Waals surface area contributed by atoms with Gasteiger partial charge in [-0.05, 0) is 62.2 Å². The Morgan fingerprint density at radius 1 is 1.00 bits per heavy atom. The smallest absolute Gasteiger partial charge is 0.338 e. The standard InChI is InChI=1S/C35H39N3O5S/c1-7-13-26-31(34(40)43-10-4)32(30-25-15-12-11-14-22(25)17-19-27(30)41-5)38-33(39)29(44-35(38)36-26)20-23-16-18-24(21-28(23)42-6)37(8-2)9-3/h11-12,14-21,32H,7-10,13H2,1-6H3/b29-20-/t32-/m1/s1. The van der Waals surface area contributed by atoms with Gasteiger partial charge < -0.3 is 19.1 Å². The minimum atomic E-state index is -0.790. The van der Waals surface area contributed by atoms with Crippen molar-refractivity contribution >= 4 is 39.8 Å². The molecule has 0 radical (unpaired) electrons. The fourth-order valence-corrected chi connectivity index (χ4v) is 6.89. The van der Waals surface area contributed by atoms with Crippen molar-refractivity contribution in [3.63, 3.8) is 0 Å². The van der Waals surface area contributed by atoms with Crippen LogP contribution in [0.3, 0.4) is 0 Å². The van der Waals surface area contributed by atoms with Gasteiger partial charge in [-0.1, -0.05) is 55.0 Å².